The highest BCUT2D eigenvalue weighted by molar-refractivity contribution is 5.69. The summed E-state index contributed by atoms with van der Waals surface area (Å²) in [5.41, 5.74) is -0.324. The van der Waals surface area contributed by atoms with E-state index in [1.165, 1.54) is 6.42 Å². The fraction of sp³-hybridized carbons (Fsp3) is 0.909. The van der Waals surface area contributed by atoms with E-state index < -0.39 is 0 Å². The highest BCUT2D eigenvalue weighted by Crippen LogP contribution is 2.34. The van der Waals surface area contributed by atoms with Gasteiger partial charge in [-0.3, -0.25) is 0 Å². The van der Waals surface area contributed by atoms with Crippen molar-refractivity contribution in [3.8, 4) is 0 Å². The molecule has 2 rings (SSSR count). The van der Waals surface area contributed by atoms with Gasteiger partial charge in [0.1, 0.15) is 0 Å². The Balaban J connectivity index is 2.12. The summed E-state index contributed by atoms with van der Waals surface area (Å²) in [6, 6.07) is 0. The fourth-order valence-corrected chi connectivity index (χ4v) is 2.71. The minimum atomic E-state index is -0.324. The van der Waals surface area contributed by atoms with Crippen molar-refractivity contribution in [2.45, 2.75) is 44.1 Å². The molecule has 0 aromatic carbocycles. The highest BCUT2D eigenvalue weighted by Gasteiger charge is 2.41. The van der Waals surface area contributed by atoms with Crippen LogP contribution >= 0.6 is 0 Å². The second-order valence-corrected chi connectivity index (χ2v) is 4.56. The predicted octanol–water partition coefficient (Wildman–Crippen LogP) is 1.52. The molecule has 0 spiro atoms. The second-order valence-electron chi connectivity index (χ2n) is 4.56. The van der Waals surface area contributed by atoms with Gasteiger partial charge in [-0.1, -0.05) is 19.3 Å². The van der Waals surface area contributed by atoms with Crippen molar-refractivity contribution in [1.82, 2.24) is 4.90 Å². The summed E-state index contributed by atoms with van der Waals surface area (Å²) >= 11 is 0. The lowest BCUT2D eigenvalue weighted by molar-refractivity contribution is -0.0235. The highest BCUT2D eigenvalue weighted by atomic mass is 16.6. The summed E-state index contributed by atoms with van der Waals surface area (Å²) in [5, 5.41) is 9.56. The molecule has 0 radical (unpaired) electrons. The molecule has 4 heteroatoms. The van der Waals surface area contributed by atoms with E-state index >= 15 is 0 Å². The number of aliphatic hydroxyl groups excluding tert-OH is 1. The number of ether oxygens (including phenoxy) is 1. The Kier molecular flexibility index (Phi) is 3.14. The number of amides is 1. The summed E-state index contributed by atoms with van der Waals surface area (Å²) in [5.74, 6) is 0. The summed E-state index contributed by atoms with van der Waals surface area (Å²) < 4.78 is 5.05. The smallest absolute Gasteiger partial charge is 0.410 e. The summed E-state index contributed by atoms with van der Waals surface area (Å²) in [6.45, 7) is 1.33. The van der Waals surface area contributed by atoms with Gasteiger partial charge in [0.25, 0.3) is 0 Å². The van der Waals surface area contributed by atoms with Crippen molar-refractivity contribution in [2.24, 2.45) is 0 Å². The van der Waals surface area contributed by atoms with Crippen LogP contribution in [0.25, 0.3) is 0 Å². The molecule has 1 aliphatic carbocycles. The number of carbonyl (C=O) groups excluding carboxylic acids is 1. The Labute approximate surface area is 90.2 Å². The Bertz CT molecular complexity index is 236. The molecule has 86 valence electrons. The van der Waals surface area contributed by atoms with E-state index in [1.54, 1.807) is 4.90 Å². The first-order valence-electron chi connectivity index (χ1n) is 5.84. The van der Waals surface area contributed by atoms with E-state index in [4.69, 9.17) is 4.74 Å². The number of nitrogens with zero attached hydrogens (tertiary/aromatic N) is 1. The molecule has 1 heterocycles. The maximum atomic E-state index is 11.7. The molecular formula is C11H19NO3. The number of aliphatic hydroxyl groups is 1. The van der Waals surface area contributed by atoms with Crippen molar-refractivity contribution in [1.29, 1.82) is 0 Å². The average Bonchev–Trinajstić information content (AvgIpc) is 2.30. The van der Waals surface area contributed by atoms with Crippen LogP contribution in [0.5, 0.6) is 0 Å². The van der Waals surface area contributed by atoms with Gasteiger partial charge < -0.3 is 14.7 Å². The minimum absolute atomic E-state index is 0.0715. The molecule has 2 aliphatic rings. The van der Waals surface area contributed by atoms with Gasteiger partial charge in [-0.05, 0) is 19.3 Å². The number of carbonyl (C=O) groups is 1. The zero-order valence-corrected chi connectivity index (χ0v) is 9.07. The van der Waals surface area contributed by atoms with Gasteiger partial charge >= 0.3 is 6.09 Å². The Morgan fingerprint density at radius 2 is 2.00 bits per heavy atom. The van der Waals surface area contributed by atoms with Crippen molar-refractivity contribution < 1.29 is 14.6 Å². The lowest BCUT2D eigenvalue weighted by Crippen LogP contribution is -2.57. The van der Waals surface area contributed by atoms with Gasteiger partial charge in [-0.25, -0.2) is 4.79 Å². The molecule has 1 saturated heterocycles. The van der Waals surface area contributed by atoms with E-state index in [0.717, 1.165) is 38.6 Å². The van der Waals surface area contributed by atoms with Crippen molar-refractivity contribution in [3.05, 3.63) is 0 Å². The van der Waals surface area contributed by atoms with Crippen LogP contribution in [0.4, 0.5) is 4.79 Å². The first kappa shape index (κ1) is 10.7. The van der Waals surface area contributed by atoms with E-state index in [-0.39, 0.29) is 18.2 Å². The molecule has 1 N–H and O–H groups in total. The molecule has 4 nitrogen and oxygen atoms in total. The van der Waals surface area contributed by atoms with Gasteiger partial charge in [0.15, 0.2) is 0 Å². The van der Waals surface area contributed by atoms with Crippen LogP contribution in [-0.4, -0.2) is 41.4 Å². The standard InChI is InChI=1S/C11H19NO3/c13-9-11(5-2-1-3-6-11)12-7-4-8-15-10(12)14/h13H,1-9H2. The van der Waals surface area contributed by atoms with Crippen LogP contribution in [0.3, 0.4) is 0 Å². The molecule has 1 amide bonds. The van der Waals surface area contributed by atoms with Crippen LogP contribution in [-0.2, 0) is 4.74 Å². The Hall–Kier alpha value is -0.770. The van der Waals surface area contributed by atoms with Crippen LogP contribution in [0.2, 0.25) is 0 Å². The third-order valence-corrected chi connectivity index (χ3v) is 3.62. The van der Waals surface area contributed by atoms with E-state index in [0.29, 0.717) is 6.61 Å². The minimum Gasteiger partial charge on any atom is -0.449 e. The molecule has 1 saturated carbocycles. The largest absolute Gasteiger partial charge is 0.449 e. The molecule has 0 aromatic rings. The molecular weight excluding hydrogens is 194 g/mol. The van der Waals surface area contributed by atoms with Gasteiger partial charge in [0, 0.05) is 6.54 Å². The van der Waals surface area contributed by atoms with E-state index in [1.807, 2.05) is 0 Å². The van der Waals surface area contributed by atoms with Gasteiger partial charge in [-0.2, -0.15) is 0 Å². The average molecular weight is 213 g/mol. The summed E-state index contributed by atoms with van der Waals surface area (Å²) in [6.07, 6.45) is 5.89. The SMILES string of the molecule is O=C1OCCCN1C1(CO)CCCCC1. The molecule has 1 aliphatic heterocycles. The van der Waals surface area contributed by atoms with Crippen LogP contribution in [0, 0.1) is 0 Å². The predicted molar refractivity (Wildman–Crippen MR) is 55.6 cm³/mol. The molecule has 2 fully saturated rings. The first-order chi connectivity index (χ1) is 7.28. The third-order valence-electron chi connectivity index (χ3n) is 3.62. The van der Waals surface area contributed by atoms with E-state index in [2.05, 4.69) is 0 Å². The van der Waals surface area contributed by atoms with Crippen LogP contribution in [0.1, 0.15) is 38.5 Å². The van der Waals surface area contributed by atoms with Crippen molar-refractivity contribution in [3.63, 3.8) is 0 Å². The van der Waals surface area contributed by atoms with Gasteiger partial charge in [0.05, 0.1) is 18.8 Å². The second kappa shape index (κ2) is 4.39. The quantitative estimate of drug-likeness (QED) is 0.756. The van der Waals surface area contributed by atoms with Crippen molar-refractivity contribution >= 4 is 6.09 Å². The summed E-state index contributed by atoms with van der Waals surface area (Å²) in [7, 11) is 0. The third kappa shape index (κ3) is 1.95. The summed E-state index contributed by atoms with van der Waals surface area (Å²) in [4.78, 5) is 13.4. The van der Waals surface area contributed by atoms with Gasteiger partial charge in [0.2, 0.25) is 0 Å². The maximum absolute atomic E-state index is 11.7. The molecule has 15 heavy (non-hydrogen) atoms. The molecule has 0 bridgehead atoms. The topological polar surface area (TPSA) is 49.8 Å². The van der Waals surface area contributed by atoms with E-state index in [9.17, 15) is 9.90 Å². The zero-order chi connectivity index (χ0) is 10.7. The Morgan fingerprint density at radius 3 is 2.60 bits per heavy atom. The number of hydrogen-bond donors (Lipinski definition) is 1. The first-order valence-corrected chi connectivity index (χ1v) is 5.84. The number of hydrogen-bond acceptors (Lipinski definition) is 3. The monoisotopic (exact) mass is 213 g/mol. The normalized spacial score (nSPS) is 26.2. The lowest BCUT2D eigenvalue weighted by Gasteiger charge is -2.46. The Morgan fingerprint density at radius 1 is 1.27 bits per heavy atom. The fourth-order valence-electron chi connectivity index (χ4n) is 2.71. The zero-order valence-electron chi connectivity index (χ0n) is 9.07. The number of cyclic esters (lactones) is 1. The maximum Gasteiger partial charge on any atom is 0.410 e. The van der Waals surface area contributed by atoms with Crippen LogP contribution in [0.15, 0.2) is 0 Å². The lowest BCUT2D eigenvalue weighted by atomic mass is 9.81. The van der Waals surface area contributed by atoms with Gasteiger partial charge in [-0.15, -0.1) is 0 Å². The molecule has 0 aromatic heterocycles. The number of rotatable bonds is 2. The molecule has 0 unspecified atom stereocenters. The van der Waals surface area contributed by atoms with Crippen LogP contribution < -0.4 is 0 Å². The van der Waals surface area contributed by atoms with Crippen molar-refractivity contribution in [2.75, 3.05) is 19.8 Å². The molecule has 0 atom stereocenters.